The van der Waals surface area contributed by atoms with Crippen LogP contribution in [0.25, 0.3) is 0 Å². The third-order valence-electron chi connectivity index (χ3n) is 6.79. The molecule has 0 bridgehead atoms. The van der Waals surface area contributed by atoms with E-state index in [1.165, 1.54) is 0 Å². The SMILES string of the molecule is CCOCCOC(=O)C1=C(C)NC2=C(C(=O)C[C@H](c3ccccc3)C2)[C@H]1c1cc2c(cc1Cl)OCO2. The first-order valence-corrected chi connectivity index (χ1v) is 12.5. The van der Waals surface area contributed by atoms with E-state index in [1.54, 1.807) is 12.1 Å². The second-order valence-electron chi connectivity index (χ2n) is 8.99. The Labute approximate surface area is 215 Å². The fourth-order valence-electron chi connectivity index (χ4n) is 5.15. The molecule has 1 aliphatic carbocycles. The van der Waals surface area contributed by atoms with Crippen LogP contribution in [0.5, 0.6) is 11.5 Å². The zero-order chi connectivity index (χ0) is 25.2. The molecule has 2 heterocycles. The van der Waals surface area contributed by atoms with Crippen LogP contribution in [-0.4, -0.2) is 38.4 Å². The Kier molecular flexibility index (Phi) is 7.03. The highest BCUT2D eigenvalue weighted by Gasteiger charge is 2.42. The summed E-state index contributed by atoms with van der Waals surface area (Å²) in [4.78, 5) is 27.1. The number of hydrogen-bond acceptors (Lipinski definition) is 7. The Bertz CT molecular complexity index is 1250. The summed E-state index contributed by atoms with van der Waals surface area (Å²) in [5.74, 6) is -0.112. The van der Waals surface area contributed by atoms with E-state index in [0.29, 0.717) is 65.0 Å². The van der Waals surface area contributed by atoms with Crippen LogP contribution in [0.15, 0.2) is 65.0 Å². The van der Waals surface area contributed by atoms with Crippen LogP contribution in [0, 0.1) is 0 Å². The maximum Gasteiger partial charge on any atom is 0.336 e. The fourth-order valence-corrected chi connectivity index (χ4v) is 5.41. The lowest BCUT2D eigenvalue weighted by Gasteiger charge is -2.37. The van der Waals surface area contributed by atoms with Gasteiger partial charge in [-0.2, -0.15) is 0 Å². The van der Waals surface area contributed by atoms with Crippen LogP contribution in [0.2, 0.25) is 5.02 Å². The average molecular weight is 510 g/mol. The van der Waals surface area contributed by atoms with Gasteiger partial charge in [-0.15, -0.1) is 0 Å². The largest absolute Gasteiger partial charge is 0.460 e. The van der Waals surface area contributed by atoms with Crippen molar-refractivity contribution < 1.29 is 28.5 Å². The molecule has 0 aromatic heterocycles. The van der Waals surface area contributed by atoms with Crippen molar-refractivity contribution in [1.82, 2.24) is 5.32 Å². The van der Waals surface area contributed by atoms with Gasteiger partial charge in [0, 0.05) is 47.0 Å². The molecule has 0 radical (unpaired) electrons. The van der Waals surface area contributed by atoms with Gasteiger partial charge < -0.3 is 24.3 Å². The monoisotopic (exact) mass is 509 g/mol. The molecule has 0 amide bonds. The van der Waals surface area contributed by atoms with Crippen LogP contribution in [0.1, 0.15) is 49.7 Å². The number of ether oxygens (including phenoxy) is 4. The summed E-state index contributed by atoms with van der Waals surface area (Å²) in [7, 11) is 0. The number of esters is 1. The van der Waals surface area contributed by atoms with Gasteiger partial charge in [-0.25, -0.2) is 4.79 Å². The Morgan fingerprint density at radius 2 is 1.86 bits per heavy atom. The van der Waals surface area contributed by atoms with E-state index in [0.717, 1.165) is 11.3 Å². The number of carbonyl (C=O) groups is 2. The molecule has 0 saturated heterocycles. The molecule has 0 saturated carbocycles. The van der Waals surface area contributed by atoms with E-state index in [1.807, 2.05) is 44.2 Å². The lowest BCUT2D eigenvalue weighted by atomic mass is 9.71. The Morgan fingerprint density at radius 3 is 2.61 bits per heavy atom. The molecule has 3 aliphatic rings. The lowest BCUT2D eigenvalue weighted by Crippen LogP contribution is -2.36. The Hall–Kier alpha value is -3.29. The molecule has 0 fully saturated rings. The van der Waals surface area contributed by atoms with Gasteiger partial charge in [0.25, 0.3) is 0 Å². The minimum Gasteiger partial charge on any atom is -0.460 e. The molecule has 0 unspecified atom stereocenters. The summed E-state index contributed by atoms with van der Waals surface area (Å²) >= 11 is 6.72. The first-order chi connectivity index (χ1) is 17.5. The van der Waals surface area contributed by atoms with Gasteiger partial charge in [0.2, 0.25) is 6.79 Å². The summed E-state index contributed by atoms with van der Waals surface area (Å²) < 4.78 is 21.9. The molecule has 2 atom stereocenters. The zero-order valence-corrected chi connectivity index (χ0v) is 21.0. The van der Waals surface area contributed by atoms with Crippen molar-refractivity contribution in [2.75, 3.05) is 26.6 Å². The first kappa shape index (κ1) is 24.4. The molecule has 2 aromatic rings. The smallest absolute Gasteiger partial charge is 0.336 e. The second-order valence-corrected chi connectivity index (χ2v) is 9.39. The third-order valence-corrected chi connectivity index (χ3v) is 7.11. The maximum atomic E-state index is 13.7. The number of hydrogen-bond donors (Lipinski definition) is 1. The van der Waals surface area contributed by atoms with Crippen LogP contribution in [0.4, 0.5) is 0 Å². The van der Waals surface area contributed by atoms with Gasteiger partial charge in [-0.3, -0.25) is 4.79 Å². The topological polar surface area (TPSA) is 83.1 Å². The standard InChI is InChI=1S/C28H28ClNO6/c1-3-33-9-10-34-28(32)25-16(2)30-21-11-18(17-7-5-4-6-8-17)12-22(31)27(21)26(25)19-13-23-24(14-20(19)29)36-15-35-23/h4-8,13-14,18,26,30H,3,9-12,15H2,1-2H3/t18-,26+/m1/s1. The van der Waals surface area contributed by atoms with E-state index in [-0.39, 0.29) is 25.1 Å². The summed E-state index contributed by atoms with van der Waals surface area (Å²) in [6.45, 7) is 4.73. The number of benzene rings is 2. The predicted molar refractivity (Wildman–Crippen MR) is 134 cm³/mol. The van der Waals surface area contributed by atoms with Gasteiger partial charge in [0.15, 0.2) is 17.3 Å². The van der Waals surface area contributed by atoms with E-state index >= 15 is 0 Å². The molecular weight excluding hydrogens is 482 g/mol. The second kappa shape index (κ2) is 10.4. The number of nitrogens with one attached hydrogen (secondary N) is 1. The van der Waals surface area contributed by atoms with E-state index in [4.69, 9.17) is 30.5 Å². The zero-order valence-electron chi connectivity index (χ0n) is 20.3. The first-order valence-electron chi connectivity index (χ1n) is 12.1. The van der Waals surface area contributed by atoms with Crippen LogP contribution < -0.4 is 14.8 Å². The number of halogens is 1. The maximum absolute atomic E-state index is 13.7. The van der Waals surface area contributed by atoms with E-state index in [2.05, 4.69) is 5.32 Å². The average Bonchev–Trinajstić information content (AvgIpc) is 3.32. The quantitative estimate of drug-likeness (QED) is 0.415. The molecule has 36 heavy (non-hydrogen) atoms. The summed E-state index contributed by atoms with van der Waals surface area (Å²) in [6, 6.07) is 13.5. The Morgan fingerprint density at radius 1 is 1.11 bits per heavy atom. The van der Waals surface area contributed by atoms with Crippen LogP contribution >= 0.6 is 11.6 Å². The van der Waals surface area contributed by atoms with Gasteiger partial charge in [-0.1, -0.05) is 41.9 Å². The van der Waals surface area contributed by atoms with Gasteiger partial charge in [0.1, 0.15) is 6.61 Å². The summed E-state index contributed by atoms with van der Waals surface area (Å²) in [5, 5.41) is 3.75. The van der Waals surface area contributed by atoms with Crippen molar-refractivity contribution in [3.05, 3.63) is 81.2 Å². The summed E-state index contributed by atoms with van der Waals surface area (Å²) in [6.07, 6.45) is 0.989. The van der Waals surface area contributed by atoms with Crippen molar-refractivity contribution in [1.29, 1.82) is 0 Å². The molecule has 2 aromatic carbocycles. The Balaban J connectivity index is 1.56. The van der Waals surface area contributed by atoms with E-state index in [9.17, 15) is 9.59 Å². The highest BCUT2D eigenvalue weighted by Crippen LogP contribution is 2.49. The van der Waals surface area contributed by atoms with Crippen LogP contribution in [-0.2, 0) is 19.1 Å². The number of rotatable bonds is 7. The van der Waals surface area contributed by atoms with Gasteiger partial charge >= 0.3 is 5.97 Å². The minimum absolute atomic E-state index is 0.0246. The van der Waals surface area contributed by atoms with Crippen molar-refractivity contribution in [3.63, 3.8) is 0 Å². The number of fused-ring (bicyclic) bond motifs is 1. The number of dihydropyridines is 1. The van der Waals surface area contributed by atoms with Gasteiger partial charge in [0.05, 0.1) is 12.2 Å². The minimum atomic E-state index is -0.688. The number of carbonyl (C=O) groups excluding carboxylic acids is 2. The van der Waals surface area contributed by atoms with Gasteiger partial charge in [-0.05, 0) is 43.4 Å². The third kappa shape index (κ3) is 4.61. The molecule has 7 nitrogen and oxygen atoms in total. The van der Waals surface area contributed by atoms with Crippen LogP contribution in [0.3, 0.4) is 0 Å². The fraction of sp³-hybridized carbons (Fsp3) is 0.357. The highest BCUT2D eigenvalue weighted by atomic mass is 35.5. The number of Topliss-reactive ketones (excluding diaryl/α,β-unsaturated/α-hetero) is 1. The van der Waals surface area contributed by atoms with Crippen molar-refractivity contribution in [2.24, 2.45) is 0 Å². The summed E-state index contributed by atoms with van der Waals surface area (Å²) in [5.41, 5.74) is 4.07. The highest BCUT2D eigenvalue weighted by molar-refractivity contribution is 6.32. The molecule has 188 valence electrons. The van der Waals surface area contributed by atoms with Crippen molar-refractivity contribution >= 4 is 23.4 Å². The normalized spacial score (nSPS) is 20.8. The van der Waals surface area contributed by atoms with Crippen molar-refractivity contribution in [3.8, 4) is 11.5 Å². The number of allylic oxidation sites excluding steroid dienone is 3. The predicted octanol–water partition coefficient (Wildman–Crippen LogP) is 5.01. The van der Waals surface area contributed by atoms with E-state index < -0.39 is 11.9 Å². The van der Waals surface area contributed by atoms with Crippen molar-refractivity contribution in [2.45, 2.75) is 38.5 Å². The number of ketones is 1. The molecule has 8 heteroatoms. The molecule has 5 rings (SSSR count). The molecule has 0 spiro atoms. The molecular formula is C28H28ClNO6. The lowest BCUT2D eigenvalue weighted by molar-refractivity contribution is -0.140. The molecule has 1 N–H and O–H groups in total. The molecule has 2 aliphatic heterocycles.